The highest BCUT2D eigenvalue weighted by molar-refractivity contribution is 9.09. The van der Waals surface area contributed by atoms with E-state index in [2.05, 4.69) is 15.9 Å². The number of aryl methyl sites for hydroxylation is 2. The molecule has 1 fully saturated rings. The van der Waals surface area contributed by atoms with Crippen LogP contribution in [0.25, 0.3) is 0 Å². The molecule has 3 unspecified atom stereocenters. The van der Waals surface area contributed by atoms with Gasteiger partial charge in [0.05, 0.1) is 13.2 Å². The van der Waals surface area contributed by atoms with Crippen LogP contribution in [0.1, 0.15) is 17.5 Å². The van der Waals surface area contributed by atoms with Gasteiger partial charge in [-0.25, -0.2) is 0 Å². The van der Waals surface area contributed by atoms with Crippen LogP contribution >= 0.6 is 27.5 Å². The Morgan fingerprint density at radius 3 is 2.45 bits per heavy atom. The van der Waals surface area contributed by atoms with Gasteiger partial charge in [0.2, 0.25) is 0 Å². The first kappa shape index (κ1) is 16.1. The number of benzene rings is 1. The highest BCUT2D eigenvalue weighted by Crippen LogP contribution is 2.36. The highest BCUT2D eigenvalue weighted by atomic mass is 79.9. The molecule has 0 aromatic heterocycles. The highest BCUT2D eigenvalue weighted by Gasteiger charge is 2.42. The lowest BCUT2D eigenvalue weighted by molar-refractivity contribution is -0.0869. The summed E-state index contributed by atoms with van der Waals surface area (Å²) in [6.07, 6.45) is 1.09. The molecule has 0 radical (unpaired) electrons. The first-order valence-corrected chi connectivity index (χ1v) is 8.00. The van der Waals surface area contributed by atoms with Crippen molar-refractivity contribution < 1.29 is 14.2 Å². The van der Waals surface area contributed by atoms with E-state index in [9.17, 15) is 0 Å². The first-order chi connectivity index (χ1) is 9.52. The number of methoxy groups -OCH3 is 1. The van der Waals surface area contributed by atoms with Gasteiger partial charge in [0.1, 0.15) is 18.0 Å². The average molecular weight is 364 g/mol. The Labute approximate surface area is 133 Å². The minimum atomic E-state index is 0.0691. The Hall–Kier alpha value is -0.290. The summed E-state index contributed by atoms with van der Waals surface area (Å²) in [5.41, 5.74) is 2.12. The smallest absolute Gasteiger partial charge is 0.127 e. The van der Waals surface area contributed by atoms with Crippen LogP contribution in [-0.2, 0) is 9.47 Å². The zero-order valence-corrected chi connectivity index (χ0v) is 14.3. The van der Waals surface area contributed by atoms with Crippen LogP contribution in [0.15, 0.2) is 12.1 Å². The normalized spacial score (nSPS) is 25.4. The first-order valence-electron chi connectivity index (χ1n) is 6.71. The zero-order valence-electron chi connectivity index (χ0n) is 12.0. The van der Waals surface area contributed by atoms with E-state index in [0.29, 0.717) is 18.0 Å². The van der Waals surface area contributed by atoms with Crippen LogP contribution < -0.4 is 4.74 Å². The van der Waals surface area contributed by atoms with Gasteiger partial charge < -0.3 is 14.2 Å². The van der Waals surface area contributed by atoms with E-state index in [1.807, 2.05) is 26.0 Å². The van der Waals surface area contributed by atoms with E-state index in [-0.39, 0.29) is 12.2 Å². The van der Waals surface area contributed by atoms with E-state index in [4.69, 9.17) is 25.8 Å². The Morgan fingerprint density at radius 2 is 1.90 bits per heavy atom. The molecule has 0 amide bonds. The van der Waals surface area contributed by atoms with Crippen molar-refractivity contribution in [1.82, 2.24) is 0 Å². The largest absolute Gasteiger partial charge is 0.487 e. The molecule has 2 rings (SSSR count). The molecule has 0 saturated heterocycles. The predicted octanol–water partition coefficient (Wildman–Crippen LogP) is 3.90. The van der Waals surface area contributed by atoms with Crippen molar-refractivity contribution in [2.24, 2.45) is 0 Å². The fourth-order valence-corrected chi connectivity index (χ4v) is 3.55. The van der Waals surface area contributed by atoms with Gasteiger partial charge in [0, 0.05) is 23.4 Å². The number of ether oxygens (including phenoxy) is 3. The van der Waals surface area contributed by atoms with Crippen LogP contribution in [0.4, 0.5) is 0 Å². The second kappa shape index (κ2) is 7.12. The summed E-state index contributed by atoms with van der Waals surface area (Å²) in [5.74, 6) is 0.916. The van der Waals surface area contributed by atoms with Crippen molar-refractivity contribution in [3.05, 3.63) is 28.3 Å². The molecule has 1 aliphatic carbocycles. The molecule has 0 spiro atoms. The van der Waals surface area contributed by atoms with Gasteiger partial charge in [-0.15, -0.1) is 0 Å². The van der Waals surface area contributed by atoms with Crippen molar-refractivity contribution in [3.8, 4) is 5.75 Å². The summed E-state index contributed by atoms with van der Waals surface area (Å²) in [6.45, 7) is 5.21. The third kappa shape index (κ3) is 3.67. The molecular formula is C15H20BrClO3. The van der Waals surface area contributed by atoms with E-state index >= 15 is 0 Å². The van der Waals surface area contributed by atoms with Gasteiger partial charge in [-0.3, -0.25) is 0 Å². The molecule has 1 aliphatic rings. The van der Waals surface area contributed by atoms with Crippen LogP contribution in [-0.4, -0.2) is 37.4 Å². The van der Waals surface area contributed by atoms with Gasteiger partial charge in [-0.05, 0) is 37.1 Å². The average Bonchev–Trinajstić information content (AvgIpc) is 2.37. The molecular weight excluding hydrogens is 344 g/mol. The van der Waals surface area contributed by atoms with Gasteiger partial charge in [0.25, 0.3) is 0 Å². The number of alkyl halides is 1. The van der Waals surface area contributed by atoms with Crippen molar-refractivity contribution in [2.45, 2.75) is 37.3 Å². The molecule has 1 aromatic carbocycles. The number of rotatable bonds is 6. The fourth-order valence-electron chi connectivity index (χ4n) is 2.36. The second-order valence-corrected chi connectivity index (χ2v) is 6.72. The maximum atomic E-state index is 6.13. The number of halogens is 2. The molecule has 20 heavy (non-hydrogen) atoms. The monoisotopic (exact) mass is 362 g/mol. The lowest BCUT2D eigenvalue weighted by Crippen LogP contribution is -2.52. The minimum absolute atomic E-state index is 0.0691. The molecule has 1 saturated carbocycles. The predicted molar refractivity (Wildman–Crippen MR) is 84.3 cm³/mol. The van der Waals surface area contributed by atoms with E-state index in [1.54, 1.807) is 7.11 Å². The SMILES string of the molecule is COCCOC1C(Br)CC1Oc1c(C)cc(Cl)cc1C. The van der Waals surface area contributed by atoms with Crippen LogP contribution in [0.5, 0.6) is 5.75 Å². The van der Waals surface area contributed by atoms with Crippen molar-refractivity contribution in [2.75, 3.05) is 20.3 Å². The second-order valence-electron chi connectivity index (χ2n) is 5.10. The number of hydrogen-bond donors (Lipinski definition) is 0. The van der Waals surface area contributed by atoms with Crippen molar-refractivity contribution in [1.29, 1.82) is 0 Å². The Kier molecular flexibility index (Phi) is 5.73. The summed E-state index contributed by atoms with van der Waals surface area (Å²) < 4.78 is 16.9. The third-order valence-corrected chi connectivity index (χ3v) is 4.59. The van der Waals surface area contributed by atoms with Crippen LogP contribution in [0.2, 0.25) is 5.02 Å². The van der Waals surface area contributed by atoms with E-state index in [0.717, 1.165) is 28.3 Å². The van der Waals surface area contributed by atoms with E-state index < -0.39 is 0 Å². The fraction of sp³-hybridized carbons (Fsp3) is 0.600. The molecule has 112 valence electrons. The molecule has 3 nitrogen and oxygen atoms in total. The van der Waals surface area contributed by atoms with Crippen molar-refractivity contribution in [3.63, 3.8) is 0 Å². The minimum Gasteiger partial charge on any atom is -0.487 e. The lowest BCUT2D eigenvalue weighted by Gasteiger charge is -2.41. The molecule has 0 bridgehead atoms. The maximum absolute atomic E-state index is 6.13. The summed E-state index contributed by atoms with van der Waals surface area (Å²) >= 11 is 9.66. The van der Waals surface area contributed by atoms with Crippen molar-refractivity contribution >= 4 is 27.5 Å². The molecule has 0 heterocycles. The molecule has 0 aliphatic heterocycles. The van der Waals surface area contributed by atoms with Gasteiger partial charge in [-0.1, -0.05) is 27.5 Å². The van der Waals surface area contributed by atoms with Gasteiger partial charge >= 0.3 is 0 Å². The molecule has 1 aromatic rings. The summed E-state index contributed by atoms with van der Waals surface area (Å²) in [4.78, 5) is 0.345. The standard InChI is InChI=1S/C15H20BrClO3/c1-9-6-11(17)7-10(2)14(9)20-13-8-12(16)15(13)19-5-4-18-3/h6-7,12-13,15H,4-5,8H2,1-3H3. The maximum Gasteiger partial charge on any atom is 0.127 e. The number of hydrogen-bond acceptors (Lipinski definition) is 3. The third-order valence-electron chi connectivity index (χ3n) is 3.47. The Bertz CT molecular complexity index is 443. The Balaban J connectivity index is 1.99. The quantitative estimate of drug-likeness (QED) is 0.566. The molecule has 5 heteroatoms. The van der Waals surface area contributed by atoms with Crippen LogP contribution in [0, 0.1) is 13.8 Å². The summed E-state index contributed by atoms with van der Waals surface area (Å²) in [5, 5.41) is 0.743. The van der Waals surface area contributed by atoms with E-state index in [1.165, 1.54) is 0 Å². The molecule has 0 N–H and O–H groups in total. The topological polar surface area (TPSA) is 27.7 Å². The van der Waals surface area contributed by atoms with Gasteiger partial charge in [-0.2, -0.15) is 0 Å². The summed E-state index contributed by atoms with van der Waals surface area (Å²) in [7, 11) is 1.67. The van der Waals surface area contributed by atoms with Gasteiger partial charge in [0.15, 0.2) is 0 Å². The lowest BCUT2D eigenvalue weighted by atomic mass is 9.91. The Morgan fingerprint density at radius 1 is 1.25 bits per heavy atom. The zero-order chi connectivity index (χ0) is 14.7. The molecule has 3 atom stereocenters. The summed E-state index contributed by atoms with van der Waals surface area (Å²) in [6, 6.07) is 3.85. The van der Waals surface area contributed by atoms with Crippen LogP contribution in [0.3, 0.4) is 0 Å².